The number of carbonyl (C=O) groups excluding carboxylic acids is 1. The van der Waals surface area contributed by atoms with E-state index in [0.29, 0.717) is 23.6 Å². The molecule has 0 spiro atoms. The zero-order valence-corrected chi connectivity index (χ0v) is 15.1. The molecular weight excluding hydrogens is 350 g/mol. The van der Waals surface area contributed by atoms with Gasteiger partial charge in [0.2, 0.25) is 0 Å². The summed E-state index contributed by atoms with van der Waals surface area (Å²) in [5.74, 6) is -1.16. The van der Waals surface area contributed by atoms with Gasteiger partial charge >= 0.3 is 0 Å². The number of hydrogen-bond acceptors (Lipinski definition) is 3. The third-order valence-electron chi connectivity index (χ3n) is 4.97. The molecular formula is C21H24F2N2O2. The third kappa shape index (κ3) is 4.90. The minimum absolute atomic E-state index is 0.0898. The predicted octanol–water partition coefficient (Wildman–Crippen LogP) is 3.07. The molecule has 1 saturated heterocycles. The summed E-state index contributed by atoms with van der Waals surface area (Å²) in [7, 11) is 0. The number of carbonyl (C=O) groups is 1. The van der Waals surface area contributed by atoms with E-state index in [4.69, 9.17) is 0 Å². The maximum Gasteiger partial charge on any atom is 0.251 e. The van der Waals surface area contributed by atoms with E-state index in [-0.39, 0.29) is 18.1 Å². The van der Waals surface area contributed by atoms with Crippen LogP contribution in [0.15, 0.2) is 42.5 Å². The lowest BCUT2D eigenvalue weighted by molar-refractivity contribution is 0.0930. The van der Waals surface area contributed by atoms with Crippen LogP contribution in [0.4, 0.5) is 8.78 Å². The number of hydrogen-bond donors (Lipinski definition) is 2. The fraction of sp³-hybridized carbons (Fsp3) is 0.381. The molecule has 4 nitrogen and oxygen atoms in total. The molecule has 0 bridgehead atoms. The molecule has 0 aromatic heterocycles. The minimum atomic E-state index is -0.630. The summed E-state index contributed by atoms with van der Waals surface area (Å²) in [6.45, 7) is 3.30. The molecule has 3 rings (SSSR count). The van der Waals surface area contributed by atoms with Crippen molar-refractivity contribution < 1.29 is 18.7 Å². The van der Waals surface area contributed by atoms with E-state index in [1.165, 1.54) is 18.2 Å². The Hall–Kier alpha value is -2.31. The molecule has 2 aromatic rings. The minimum Gasteiger partial charge on any atom is -0.396 e. The van der Waals surface area contributed by atoms with Crippen LogP contribution in [-0.2, 0) is 0 Å². The first-order chi connectivity index (χ1) is 13.1. The van der Waals surface area contributed by atoms with Crippen molar-refractivity contribution in [2.45, 2.75) is 12.8 Å². The molecule has 27 heavy (non-hydrogen) atoms. The molecule has 1 aliphatic heterocycles. The van der Waals surface area contributed by atoms with Gasteiger partial charge in [-0.3, -0.25) is 4.79 Å². The summed E-state index contributed by atoms with van der Waals surface area (Å²) >= 11 is 0. The van der Waals surface area contributed by atoms with E-state index in [9.17, 15) is 18.7 Å². The summed E-state index contributed by atoms with van der Waals surface area (Å²) in [4.78, 5) is 14.5. The lowest BCUT2D eigenvalue weighted by Gasteiger charge is -2.31. The van der Waals surface area contributed by atoms with Gasteiger partial charge in [0.05, 0.1) is 5.56 Å². The zero-order valence-electron chi connectivity index (χ0n) is 15.1. The van der Waals surface area contributed by atoms with Crippen molar-refractivity contribution in [1.82, 2.24) is 10.2 Å². The van der Waals surface area contributed by atoms with Crippen molar-refractivity contribution in [2.75, 3.05) is 32.8 Å². The highest BCUT2D eigenvalue weighted by molar-refractivity contribution is 5.94. The van der Waals surface area contributed by atoms with Crippen LogP contribution in [0.5, 0.6) is 0 Å². The molecule has 0 aliphatic carbocycles. The highest BCUT2D eigenvalue weighted by atomic mass is 19.1. The van der Waals surface area contributed by atoms with Crippen LogP contribution in [0.25, 0.3) is 11.1 Å². The molecule has 0 radical (unpaired) electrons. The Morgan fingerprint density at radius 3 is 2.52 bits per heavy atom. The number of aliphatic hydroxyl groups is 1. The van der Waals surface area contributed by atoms with E-state index >= 15 is 0 Å². The largest absolute Gasteiger partial charge is 0.396 e. The van der Waals surface area contributed by atoms with Crippen molar-refractivity contribution in [1.29, 1.82) is 0 Å². The van der Waals surface area contributed by atoms with Gasteiger partial charge in [-0.05, 0) is 55.1 Å². The normalized spacial score (nSPS) is 17.7. The van der Waals surface area contributed by atoms with Crippen molar-refractivity contribution in [3.05, 3.63) is 59.7 Å². The van der Waals surface area contributed by atoms with Gasteiger partial charge in [0.1, 0.15) is 11.6 Å². The zero-order chi connectivity index (χ0) is 19.2. The number of nitrogens with one attached hydrogen (secondary N) is 1. The number of likely N-dealkylation sites (tertiary alicyclic amines) is 1. The fourth-order valence-corrected chi connectivity index (χ4v) is 3.49. The standard InChI is InChI=1S/C21H24F2N2O2/c22-18-4-1-5-19(23)20(18)16-6-8-17(9-7-16)21(27)24-10-12-25-11-2-3-15(13-25)14-26/h1,4-9,15,26H,2-3,10-14H2,(H,24,27). The van der Waals surface area contributed by atoms with Crippen LogP contribution in [0, 0.1) is 17.6 Å². The fourth-order valence-electron chi connectivity index (χ4n) is 3.49. The number of amides is 1. The predicted molar refractivity (Wildman–Crippen MR) is 100 cm³/mol. The molecule has 1 amide bonds. The molecule has 2 N–H and O–H groups in total. The van der Waals surface area contributed by atoms with Gasteiger partial charge in [0.25, 0.3) is 5.91 Å². The number of benzene rings is 2. The molecule has 1 unspecified atom stereocenters. The summed E-state index contributed by atoms with van der Waals surface area (Å²) in [6.07, 6.45) is 2.11. The Morgan fingerprint density at radius 2 is 1.85 bits per heavy atom. The van der Waals surface area contributed by atoms with E-state index in [1.54, 1.807) is 24.3 Å². The van der Waals surface area contributed by atoms with Crippen LogP contribution in [0.3, 0.4) is 0 Å². The number of halogens is 2. The lowest BCUT2D eigenvalue weighted by Crippen LogP contribution is -2.41. The number of nitrogens with zero attached hydrogens (tertiary/aromatic N) is 1. The molecule has 144 valence electrons. The quantitative estimate of drug-likeness (QED) is 0.817. The summed E-state index contributed by atoms with van der Waals surface area (Å²) in [5, 5.41) is 12.1. The van der Waals surface area contributed by atoms with Crippen molar-refractivity contribution in [3.8, 4) is 11.1 Å². The number of rotatable bonds is 6. The molecule has 6 heteroatoms. The smallest absolute Gasteiger partial charge is 0.251 e. The van der Waals surface area contributed by atoms with Crippen LogP contribution >= 0.6 is 0 Å². The van der Waals surface area contributed by atoms with Crippen LogP contribution in [0.1, 0.15) is 23.2 Å². The number of aliphatic hydroxyl groups excluding tert-OH is 1. The van der Waals surface area contributed by atoms with Crippen LogP contribution in [0.2, 0.25) is 0 Å². The molecule has 2 aromatic carbocycles. The van der Waals surface area contributed by atoms with Crippen LogP contribution < -0.4 is 5.32 Å². The highest BCUT2D eigenvalue weighted by Crippen LogP contribution is 2.26. The lowest BCUT2D eigenvalue weighted by atomic mass is 9.99. The summed E-state index contributed by atoms with van der Waals surface area (Å²) in [6, 6.07) is 9.97. The monoisotopic (exact) mass is 374 g/mol. The third-order valence-corrected chi connectivity index (χ3v) is 4.97. The van der Waals surface area contributed by atoms with E-state index in [2.05, 4.69) is 10.2 Å². The molecule has 1 heterocycles. The van der Waals surface area contributed by atoms with Gasteiger partial charge in [-0.15, -0.1) is 0 Å². The number of piperidine rings is 1. The van der Waals surface area contributed by atoms with Gasteiger partial charge < -0.3 is 15.3 Å². The Kier molecular flexibility index (Phi) is 6.53. The Morgan fingerprint density at radius 1 is 1.15 bits per heavy atom. The van der Waals surface area contributed by atoms with Crippen molar-refractivity contribution >= 4 is 5.91 Å². The Bertz CT molecular complexity index is 760. The van der Waals surface area contributed by atoms with Crippen molar-refractivity contribution in [2.24, 2.45) is 5.92 Å². The second kappa shape index (κ2) is 9.06. The van der Waals surface area contributed by atoms with Crippen LogP contribution in [-0.4, -0.2) is 48.7 Å². The molecule has 1 atom stereocenters. The second-order valence-corrected chi connectivity index (χ2v) is 6.92. The average Bonchev–Trinajstić information content (AvgIpc) is 2.68. The van der Waals surface area contributed by atoms with E-state index in [1.807, 2.05) is 0 Å². The summed E-state index contributed by atoms with van der Waals surface area (Å²) < 4.78 is 27.7. The van der Waals surface area contributed by atoms with Gasteiger partial charge in [-0.1, -0.05) is 18.2 Å². The summed E-state index contributed by atoms with van der Waals surface area (Å²) in [5.41, 5.74) is 0.751. The second-order valence-electron chi connectivity index (χ2n) is 6.92. The van der Waals surface area contributed by atoms with E-state index in [0.717, 1.165) is 32.5 Å². The van der Waals surface area contributed by atoms with Gasteiger partial charge in [-0.2, -0.15) is 0 Å². The van der Waals surface area contributed by atoms with Gasteiger partial charge in [-0.25, -0.2) is 8.78 Å². The van der Waals surface area contributed by atoms with Gasteiger partial charge in [0.15, 0.2) is 0 Å². The molecule has 0 saturated carbocycles. The first-order valence-electron chi connectivity index (χ1n) is 9.24. The molecule has 1 fully saturated rings. The maximum atomic E-state index is 13.9. The van der Waals surface area contributed by atoms with Crippen molar-refractivity contribution in [3.63, 3.8) is 0 Å². The highest BCUT2D eigenvalue weighted by Gasteiger charge is 2.19. The molecule has 1 aliphatic rings. The average molecular weight is 374 g/mol. The Labute approximate surface area is 157 Å². The first-order valence-corrected chi connectivity index (χ1v) is 9.24. The van der Waals surface area contributed by atoms with Gasteiger partial charge in [0, 0.05) is 31.8 Å². The Balaban J connectivity index is 1.55. The van der Waals surface area contributed by atoms with E-state index < -0.39 is 11.6 Å². The first kappa shape index (κ1) is 19.5. The topological polar surface area (TPSA) is 52.6 Å². The SMILES string of the molecule is O=C(NCCN1CCCC(CO)C1)c1ccc(-c2c(F)cccc2F)cc1. The maximum absolute atomic E-state index is 13.9.